The Balaban J connectivity index is 2.13. The Bertz CT molecular complexity index is 172. The molecule has 0 bridgehead atoms. The van der Waals surface area contributed by atoms with E-state index in [2.05, 4.69) is 4.72 Å². The average Bonchev–Trinajstić information content (AvgIpc) is 2.15. The molecule has 4 nitrogen and oxygen atoms in total. The van der Waals surface area contributed by atoms with E-state index in [0.717, 1.165) is 0 Å². The van der Waals surface area contributed by atoms with E-state index in [1.165, 1.54) is 48.5 Å². The maximum absolute atomic E-state index is 10.4. The lowest BCUT2D eigenvalue weighted by Crippen LogP contribution is -2.30. The number of nitrogens with one attached hydrogen (secondary N) is 1. The van der Waals surface area contributed by atoms with Crippen molar-refractivity contribution in [2.45, 2.75) is 38.1 Å². The molecule has 0 unspecified atom stereocenters. The van der Waals surface area contributed by atoms with Crippen LogP contribution in [0.4, 0.5) is 4.79 Å². The fourth-order valence-corrected chi connectivity index (χ4v) is 2.03. The molecule has 5 heteroatoms. The van der Waals surface area contributed by atoms with E-state index in [9.17, 15) is 4.79 Å². The largest absolute Gasteiger partial charge is 0.464 e. The van der Waals surface area contributed by atoms with Crippen LogP contribution < -0.4 is 4.72 Å². The Labute approximate surface area is 82.9 Å². The number of nitrogens with zero attached hydrogens (tertiary/aromatic N) is 1. The number of hydrogen-bond acceptors (Lipinski definition) is 3. The minimum Gasteiger partial charge on any atom is -0.464 e. The first-order valence-electron chi connectivity index (χ1n) is 4.59. The Kier molecular flexibility index (Phi) is 4.38. The highest BCUT2D eigenvalue weighted by Crippen LogP contribution is 2.19. The number of rotatable bonds is 3. The molecule has 1 fully saturated rings. The van der Waals surface area contributed by atoms with Gasteiger partial charge in [-0.3, -0.25) is 0 Å². The van der Waals surface area contributed by atoms with E-state index in [1.54, 1.807) is 7.05 Å². The molecule has 0 radical (unpaired) electrons. The second-order valence-electron chi connectivity index (χ2n) is 3.32. The topological polar surface area (TPSA) is 52.6 Å². The first-order chi connectivity index (χ1) is 6.20. The van der Waals surface area contributed by atoms with Gasteiger partial charge >= 0.3 is 6.09 Å². The van der Waals surface area contributed by atoms with Crippen molar-refractivity contribution in [3.63, 3.8) is 0 Å². The summed E-state index contributed by atoms with van der Waals surface area (Å²) >= 11 is 1.17. The molecule has 0 aliphatic heterocycles. The third-order valence-corrected chi connectivity index (χ3v) is 3.10. The van der Waals surface area contributed by atoms with Gasteiger partial charge in [-0.1, -0.05) is 19.3 Å². The van der Waals surface area contributed by atoms with Crippen LogP contribution in [0.15, 0.2) is 0 Å². The van der Waals surface area contributed by atoms with Crippen LogP contribution in [0.25, 0.3) is 0 Å². The van der Waals surface area contributed by atoms with Crippen molar-refractivity contribution in [2.75, 3.05) is 7.05 Å². The molecule has 1 aliphatic carbocycles. The summed E-state index contributed by atoms with van der Waals surface area (Å²) in [6.07, 6.45) is 5.26. The number of carbonyl (C=O) groups is 1. The van der Waals surface area contributed by atoms with E-state index in [1.807, 2.05) is 0 Å². The summed E-state index contributed by atoms with van der Waals surface area (Å²) in [6, 6.07) is 0.487. The molecule has 1 saturated carbocycles. The van der Waals surface area contributed by atoms with Crippen LogP contribution in [0.5, 0.6) is 0 Å². The van der Waals surface area contributed by atoms with Crippen LogP contribution in [0, 0.1) is 0 Å². The van der Waals surface area contributed by atoms with E-state index in [0.29, 0.717) is 6.04 Å². The van der Waals surface area contributed by atoms with Crippen LogP contribution in [0.1, 0.15) is 32.1 Å². The fourth-order valence-electron chi connectivity index (χ4n) is 1.41. The molecular formula is C8H16N2O2S. The molecule has 0 aromatic rings. The van der Waals surface area contributed by atoms with Gasteiger partial charge in [-0.2, -0.15) is 0 Å². The summed E-state index contributed by atoms with van der Waals surface area (Å²) in [5.41, 5.74) is 0. The molecule has 0 aromatic heterocycles. The van der Waals surface area contributed by atoms with Crippen molar-refractivity contribution in [2.24, 2.45) is 0 Å². The number of carboxylic acid groups (broad SMARTS) is 1. The second kappa shape index (κ2) is 5.34. The average molecular weight is 204 g/mol. The van der Waals surface area contributed by atoms with Crippen molar-refractivity contribution < 1.29 is 9.90 Å². The van der Waals surface area contributed by atoms with E-state index < -0.39 is 6.09 Å². The van der Waals surface area contributed by atoms with Crippen molar-refractivity contribution in [3.8, 4) is 0 Å². The van der Waals surface area contributed by atoms with E-state index in [4.69, 9.17) is 5.11 Å². The minimum atomic E-state index is -0.909. The van der Waals surface area contributed by atoms with Gasteiger partial charge in [-0.05, 0) is 12.8 Å². The SMILES string of the molecule is CN(SNC1CCCCC1)C(=O)O. The molecule has 76 valence electrons. The third kappa shape index (κ3) is 3.87. The Morgan fingerprint density at radius 1 is 1.46 bits per heavy atom. The van der Waals surface area contributed by atoms with Crippen LogP contribution >= 0.6 is 12.1 Å². The Morgan fingerprint density at radius 2 is 2.08 bits per heavy atom. The van der Waals surface area contributed by atoms with Crippen molar-refractivity contribution in [1.82, 2.24) is 9.03 Å². The quantitative estimate of drug-likeness (QED) is 0.691. The predicted molar refractivity (Wildman–Crippen MR) is 53.4 cm³/mol. The zero-order valence-corrected chi connectivity index (χ0v) is 8.64. The van der Waals surface area contributed by atoms with Crippen LogP contribution in [0.2, 0.25) is 0 Å². The highest BCUT2D eigenvalue weighted by atomic mass is 32.2. The zero-order valence-electron chi connectivity index (χ0n) is 7.82. The lowest BCUT2D eigenvalue weighted by molar-refractivity contribution is 0.180. The highest BCUT2D eigenvalue weighted by Gasteiger charge is 2.14. The van der Waals surface area contributed by atoms with Crippen molar-refractivity contribution in [1.29, 1.82) is 0 Å². The molecule has 0 aromatic carbocycles. The van der Waals surface area contributed by atoms with Gasteiger partial charge in [0.25, 0.3) is 0 Å². The zero-order chi connectivity index (χ0) is 9.68. The number of hydrogen-bond donors (Lipinski definition) is 2. The Morgan fingerprint density at radius 3 is 2.62 bits per heavy atom. The first-order valence-corrected chi connectivity index (χ1v) is 5.36. The molecule has 0 atom stereocenters. The highest BCUT2D eigenvalue weighted by molar-refractivity contribution is 7.95. The summed E-state index contributed by atoms with van der Waals surface area (Å²) in [5, 5.41) is 8.58. The minimum absolute atomic E-state index is 0.487. The summed E-state index contributed by atoms with van der Waals surface area (Å²) in [7, 11) is 1.54. The van der Waals surface area contributed by atoms with Gasteiger partial charge in [0.15, 0.2) is 0 Å². The van der Waals surface area contributed by atoms with Crippen molar-refractivity contribution >= 4 is 18.2 Å². The van der Waals surface area contributed by atoms with Crippen LogP contribution in [0.3, 0.4) is 0 Å². The van der Waals surface area contributed by atoms with Gasteiger partial charge in [0.1, 0.15) is 0 Å². The fraction of sp³-hybridized carbons (Fsp3) is 0.875. The van der Waals surface area contributed by atoms with Gasteiger partial charge in [0.2, 0.25) is 0 Å². The molecule has 1 amide bonds. The van der Waals surface area contributed by atoms with Gasteiger partial charge in [-0.15, -0.1) is 0 Å². The monoisotopic (exact) mass is 204 g/mol. The van der Waals surface area contributed by atoms with E-state index in [-0.39, 0.29) is 0 Å². The predicted octanol–water partition coefficient (Wildman–Crippen LogP) is 2.08. The van der Waals surface area contributed by atoms with Gasteiger partial charge < -0.3 is 5.11 Å². The standard InChI is InChI=1S/C8H16N2O2S/c1-10(8(11)12)13-9-7-5-3-2-4-6-7/h7,9H,2-6H2,1H3,(H,11,12). The smallest absolute Gasteiger partial charge is 0.418 e. The molecule has 0 saturated heterocycles. The first kappa shape index (κ1) is 10.7. The molecular weight excluding hydrogens is 188 g/mol. The maximum Gasteiger partial charge on any atom is 0.418 e. The summed E-state index contributed by atoms with van der Waals surface area (Å²) in [5.74, 6) is 0. The molecule has 0 heterocycles. The lowest BCUT2D eigenvalue weighted by Gasteiger charge is -2.23. The molecule has 2 N–H and O–H groups in total. The molecule has 1 aliphatic rings. The summed E-state index contributed by atoms with van der Waals surface area (Å²) < 4.78 is 4.35. The molecule has 1 rings (SSSR count). The Hall–Kier alpha value is -0.420. The van der Waals surface area contributed by atoms with Crippen LogP contribution in [-0.2, 0) is 0 Å². The van der Waals surface area contributed by atoms with Crippen LogP contribution in [-0.4, -0.2) is 28.6 Å². The molecule has 13 heavy (non-hydrogen) atoms. The lowest BCUT2D eigenvalue weighted by atomic mass is 9.96. The number of amides is 1. The van der Waals surface area contributed by atoms with Gasteiger partial charge in [0.05, 0.1) is 0 Å². The van der Waals surface area contributed by atoms with E-state index >= 15 is 0 Å². The van der Waals surface area contributed by atoms with Crippen molar-refractivity contribution in [3.05, 3.63) is 0 Å². The normalized spacial score (nSPS) is 18.5. The van der Waals surface area contributed by atoms with Gasteiger partial charge in [0, 0.05) is 25.2 Å². The summed E-state index contributed by atoms with van der Waals surface area (Å²) in [6.45, 7) is 0. The third-order valence-electron chi connectivity index (χ3n) is 2.23. The maximum atomic E-state index is 10.4. The molecule has 0 spiro atoms. The summed E-state index contributed by atoms with van der Waals surface area (Å²) in [4.78, 5) is 10.4. The van der Waals surface area contributed by atoms with Gasteiger partial charge in [-0.25, -0.2) is 13.8 Å². The second-order valence-corrected chi connectivity index (χ2v) is 4.29.